The molecule has 6 rings (SSSR count). The first kappa shape index (κ1) is 48.1. The number of halogens is 3. The number of nitrogens with zero attached hydrogens (tertiary/aromatic N) is 4. The minimum Gasteiger partial charge on any atom is -0.492 e. The van der Waals surface area contributed by atoms with E-state index in [1.165, 1.54) is 30.5 Å². The number of unbranched alkanes of at least 4 members (excludes halogenated alkanes) is 1. The van der Waals surface area contributed by atoms with Gasteiger partial charge < -0.3 is 36.0 Å². The summed E-state index contributed by atoms with van der Waals surface area (Å²) in [5.74, 6) is -2.27. The van der Waals surface area contributed by atoms with Crippen LogP contribution in [0.25, 0.3) is 21.7 Å². The fourth-order valence-corrected chi connectivity index (χ4v) is 8.73. The molecule has 346 valence electrons. The number of primary amides is 1. The standard InChI is InChI=1S/C44H51F3N10O6S2/c1-26-37(64-25-51-26)29-12-10-27(11-13-29)22-50-41(60)32-8-7-20-57(32)42(61)38(43(2,3)4)53-34(58)9-5-6-21-63-31-18-19-33(49-23-31)52-40-35(39(48)59)36(54-55-40)28-14-16-30(17-15-28)56-65(62)24-44(45,46)47/h10-19,23,25,32,38,56H,5-9,20-22,24H2,1-4H3,(H2,48,59)(H,50,60)(H,53,58)(H2,49,52,54,55). The lowest BCUT2D eigenvalue weighted by molar-refractivity contribution is -0.144. The molecule has 1 saturated heterocycles. The van der Waals surface area contributed by atoms with Crippen molar-refractivity contribution in [1.29, 1.82) is 0 Å². The molecule has 1 fully saturated rings. The molecule has 1 aliphatic rings. The van der Waals surface area contributed by atoms with Gasteiger partial charge in [-0.1, -0.05) is 57.2 Å². The highest BCUT2D eigenvalue weighted by molar-refractivity contribution is 7.86. The number of nitrogens with one attached hydrogen (secondary N) is 5. The summed E-state index contributed by atoms with van der Waals surface area (Å²) in [6, 6.07) is 15.6. The summed E-state index contributed by atoms with van der Waals surface area (Å²) in [5.41, 5.74) is 10.7. The number of pyridine rings is 1. The number of aryl methyl sites for hydroxylation is 1. The number of aromatic amines is 1. The smallest absolute Gasteiger partial charge is 0.402 e. The number of benzene rings is 2. The Morgan fingerprint density at radius 1 is 1.00 bits per heavy atom. The maximum atomic E-state index is 14.0. The molecule has 0 aliphatic carbocycles. The number of hydrogen-bond acceptors (Lipinski definition) is 11. The SMILES string of the molecule is Cc1ncsc1-c1ccc(CNC(=O)C2CCCN2C(=O)C(NC(=O)CCCCOc2ccc(Nc3n[nH]c(-c4ccc(NS(=O)CC(F)(F)F)cc4)c3C(N)=O)nc2)C(C)(C)C)cc1. The minimum absolute atomic E-state index is 0.00968. The van der Waals surface area contributed by atoms with Crippen LogP contribution in [0.5, 0.6) is 5.75 Å². The Morgan fingerprint density at radius 3 is 2.35 bits per heavy atom. The Labute approximate surface area is 380 Å². The minimum atomic E-state index is -4.59. The third-order valence-corrected chi connectivity index (χ3v) is 12.5. The van der Waals surface area contributed by atoms with Gasteiger partial charge in [0.2, 0.25) is 17.7 Å². The van der Waals surface area contributed by atoms with E-state index in [2.05, 4.69) is 40.8 Å². The van der Waals surface area contributed by atoms with Crippen LogP contribution in [0, 0.1) is 12.3 Å². The lowest BCUT2D eigenvalue weighted by atomic mass is 9.85. The highest BCUT2D eigenvalue weighted by Gasteiger charge is 2.42. The first-order chi connectivity index (χ1) is 30.9. The average molecular weight is 937 g/mol. The molecule has 1 aliphatic heterocycles. The van der Waals surface area contributed by atoms with Crippen molar-refractivity contribution >= 4 is 63.3 Å². The second-order valence-corrected chi connectivity index (χ2v) is 18.6. The number of carbonyl (C=O) groups is 4. The largest absolute Gasteiger partial charge is 0.492 e. The second-order valence-electron chi connectivity index (χ2n) is 16.5. The van der Waals surface area contributed by atoms with Crippen LogP contribution in [-0.4, -0.2) is 90.1 Å². The molecule has 16 nitrogen and oxygen atoms in total. The van der Waals surface area contributed by atoms with Crippen LogP contribution in [0.2, 0.25) is 0 Å². The average Bonchev–Trinajstić information content (AvgIpc) is 4.02. The van der Waals surface area contributed by atoms with E-state index < -0.39 is 46.3 Å². The number of nitrogens with two attached hydrogens (primary N) is 1. The van der Waals surface area contributed by atoms with Gasteiger partial charge in [-0.05, 0) is 73.4 Å². The van der Waals surface area contributed by atoms with Crippen molar-refractivity contribution in [3.63, 3.8) is 0 Å². The molecular formula is C44H51F3N10O6S2. The number of H-pyrrole nitrogens is 1. The highest BCUT2D eigenvalue weighted by atomic mass is 32.2. The van der Waals surface area contributed by atoms with Gasteiger partial charge in [-0.2, -0.15) is 18.3 Å². The first-order valence-electron chi connectivity index (χ1n) is 20.8. The molecule has 2 aromatic carbocycles. The maximum absolute atomic E-state index is 14.0. The number of ether oxygens (including phenoxy) is 1. The number of aromatic nitrogens is 4. The van der Waals surface area contributed by atoms with Gasteiger partial charge in [0.1, 0.15) is 46.0 Å². The molecule has 65 heavy (non-hydrogen) atoms. The topological polar surface area (TPSA) is 226 Å². The van der Waals surface area contributed by atoms with E-state index in [9.17, 15) is 36.6 Å². The van der Waals surface area contributed by atoms with Crippen LogP contribution >= 0.6 is 11.3 Å². The lowest BCUT2D eigenvalue weighted by Crippen LogP contribution is -2.57. The molecule has 7 N–H and O–H groups in total. The Morgan fingerprint density at radius 2 is 1.72 bits per heavy atom. The van der Waals surface area contributed by atoms with Crippen molar-refractivity contribution in [2.45, 2.75) is 84.6 Å². The maximum Gasteiger partial charge on any atom is 0.402 e. The summed E-state index contributed by atoms with van der Waals surface area (Å²) in [7, 11) is -2.37. The van der Waals surface area contributed by atoms with E-state index in [4.69, 9.17) is 10.5 Å². The number of likely N-dealkylation sites (tertiary alicyclic amines) is 1. The van der Waals surface area contributed by atoms with Crippen molar-refractivity contribution in [3.05, 3.63) is 89.2 Å². The fourth-order valence-electron chi connectivity index (χ4n) is 7.15. The van der Waals surface area contributed by atoms with E-state index in [0.29, 0.717) is 55.9 Å². The van der Waals surface area contributed by atoms with E-state index in [1.807, 2.05) is 57.5 Å². The Bertz CT molecular complexity index is 2470. The van der Waals surface area contributed by atoms with E-state index in [-0.39, 0.29) is 53.5 Å². The molecule has 21 heteroatoms. The number of amides is 4. The van der Waals surface area contributed by atoms with Gasteiger partial charge in [-0.3, -0.25) is 24.3 Å². The van der Waals surface area contributed by atoms with Gasteiger partial charge in [0.25, 0.3) is 5.91 Å². The molecule has 0 radical (unpaired) electrons. The van der Waals surface area contributed by atoms with Crippen molar-refractivity contribution in [2.24, 2.45) is 11.1 Å². The van der Waals surface area contributed by atoms with Gasteiger partial charge in [0, 0.05) is 30.8 Å². The molecule has 3 unspecified atom stereocenters. The number of thiazole rings is 1. The third kappa shape index (κ3) is 13.1. The van der Waals surface area contributed by atoms with Gasteiger partial charge in [-0.25, -0.2) is 14.2 Å². The zero-order valence-corrected chi connectivity index (χ0v) is 37.8. The predicted octanol–water partition coefficient (Wildman–Crippen LogP) is 6.77. The Kier molecular flexibility index (Phi) is 15.6. The summed E-state index contributed by atoms with van der Waals surface area (Å²) >= 11 is 1.58. The Hall–Kier alpha value is -6.35. The fraction of sp³-hybridized carbons (Fsp3) is 0.386. The molecule has 4 amide bonds. The van der Waals surface area contributed by atoms with Gasteiger partial charge in [0.05, 0.1) is 34.6 Å². The molecule has 3 atom stereocenters. The quantitative estimate of drug-likeness (QED) is 0.0477. The van der Waals surface area contributed by atoms with Crippen LogP contribution in [0.15, 0.2) is 72.4 Å². The number of alkyl halides is 3. The van der Waals surface area contributed by atoms with Crippen molar-refractivity contribution in [3.8, 4) is 27.4 Å². The third-order valence-electron chi connectivity index (χ3n) is 10.4. The van der Waals surface area contributed by atoms with Crippen molar-refractivity contribution in [2.75, 3.05) is 28.9 Å². The van der Waals surface area contributed by atoms with Gasteiger partial charge in [-0.15, -0.1) is 11.3 Å². The van der Waals surface area contributed by atoms with Crippen molar-refractivity contribution < 1.29 is 41.3 Å². The molecule has 0 spiro atoms. The van der Waals surface area contributed by atoms with Crippen molar-refractivity contribution in [1.82, 2.24) is 35.7 Å². The summed E-state index contributed by atoms with van der Waals surface area (Å²) in [6.07, 6.45) is -0.738. The molecule has 3 aromatic heterocycles. The van der Waals surface area contributed by atoms with Gasteiger partial charge in [0.15, 0.2) is 5.82 Å². The zero-order chi connectivity index (χ0) is 46.9. The number of carbonyl (C=O) groups excluding carboxylic acids is 4. The number of rotatable bonds is 19. The summed E-state index contributed by atoms with van der Waals surface area (Å²) in [5, 5.41) is 15.8. The van der Waals surface area contributed by atoms with E-state index in [0.717, 1.165) is 21.7 Å². The normalized spacial score (nSPS) is 14.9. The number of anilines is 3. The molecule has 0 bridgehead atoms. The highest BCUT2D eigenvalue weighted by Crippen LogP contribution is 2.31. The predicted molar refractivity (Wildman–Crippen MR) is 242 cm³/mol. The first-order valence-corrected chi connectivity index (χ1v) is 23.0. The summed E-state index contributed by atoms with van der Waals surface area (Å²) < 4.78 is 57.5. The molecule has 4 heterocycles. The number of hydrogen-bond donors (Lipinski definition) is 6. The van der Waals surface area contributed by atoms with Crippen LogP contribution < -0.4 is 31.1 Å². The van der Waals surface area contributed by atoms with Crippen LogP contribution in [-0.2, 0) is 31.9 Å². The van der Waals surface area contributed by atoms with Gasteiger partial charge >= 0.3 is 6.18 Å². The van der Waals surface area contributed by atoms with Crippen LogP contribution in [0.1, 0.15) is 74.5 Å². The van der Waals surface area contributed by atoms with Crippen LogP contribution in [0.4, 0.5) is 30.5 Å². The lowest BCUT2D eigenvalue weighted by Gasteiger charge is -2.35. The molecule has 0 saturated carbocycles. The van der Waals surface area contributed by atoms with Crippen LogP contribution in [0.3, 0.4) is 0 Å². The molecule has 5 aromatic rings. The van der Waals surface area contributed by atoms with E-state index in [1.54, 1.807) is 28.4 Å². The zero-order valence-electron chi connectivity index (χ0n) is 36.2. The molecular weight excluding hydrogens is 886 g/mol. The van der Waals surface area contributed by atoms with E-state index >= 15 is 0 Å². The summed E-state index contributed by atoms with van der Waals surface area (Å²) in [6.45, 7) is 8.64. The Balaban J connectivity index is 0.941. The monoisotopic (exact) mass is 936 g/mol. The summed E-state index contributed by atoms with van der Waals surface area (Å²) in [4.78, 5) is 64.3. The second kappa shape index (κ2) is 21.1.